The molecule has 68 valence electrons. The first-order valence-electron chi connectivity index (χ1n) is 4.90. The highest BCUT2D eigenvalue weighted by molar-refractivity contribution is 4.61. The Kier molecular flexibility index (Phi) is 6.63. The quantitative estimate of drug-likeness (QED) is 0.630. The third-order valence-corrected chi connectivity index (χ3v) is 2.08. The van der Waals surface area contributed by atoms with Gasteiger partial charge in [0.05, 0.1) is 0 Å². The minimum Gasteiger partial charge on any atom is -0.330 e. The Morgan fingerprint density at radius 3 is 2.18 bits per heavy atom. The maximum Gasteiger partial charge on any atom is -0.00746 e. The fourth-order valence-electron chi connectivity index (χ4n) is 1.69. The van der Waals surface area contributed by atoms with Crippen LogP contribution in [0.4, 0.5) is 0 Å². The summed E-state index contributed by atoms with van der Waals surface area (Å²) in [5, 5.41) is 0. The average molecular weight is 157 g/mol. The highest BCUT2D eigenvalue weighted by Gasteiger charge is 2.08. The number of hydrogen-bond acceptors (Lipinski definition) is 1. The summed E-state index contributed by atoms with van der Waals surface area (Å²) in [5.41, 5.74) is 5.54. The van der Waals surface area contributed by atoms with Gasteiger partial charge >= 0.3 is 0 Å². The van der Waals surface area contributed by atoms with Crippen LogP contribution >= 0.6 is 0 Å². The van der Waals surface area contributed by atoms with Crippen molar-refractivity contribution in [1.82, 2.24) is 0 Å². The van der Waals surface area contributed by atoms with Gasteiger partial charge in [0.25, 0.3) is 0 Å². The Bertz CT molecular complexity index is 72.9. The van der Waals surface area contributed by atoms with Gasteiger partial charge in [-0.05, 0) is 31.2 Å². The van der Waals surface area contributed by atoms with Crippen LogP contribution in [0.5, 0.6) is 0 Å². The fourth-order valence-corrected chi connectivity index (χ4v) is 1.69. The molecule has 1 heteroatoms. The smallest absolute Gasteiger partial charge is 0.00746 e. The van der Waals surface area contributed by atoms with Crippen molar-refractivity contribution in [3.05, 3.63) is 0 Å². The van der Waals surface area contributed by atoms with Gasteiger partial charge in [0.15, 0.2) is 0 Å². The summed E-state index contributed by atoms with van der Waals surface area (Å²) in [7, 11) is 0. The summed E-state index contributed by atoms with van der Waals surface area (Å²) in [6, 6.07) is 0. The molecule has 0 fully saturated rings. The standard InChI is InChI=1S/C10H23N/c1-4-5-10(6-7-11)8-9(2)3/h9-10H,4-8,11H2,1-3H3. The van der Waals surface area contributed by atoms with E-state index in [1.165, 1.54) is 25.7 Å². The van der Waals surface area contributed by atoms with Crippen LogP contribution < -0.4 is 5.73 Å². The molecule has 0 rings (SSSR count). The average Bonchev–Trinajstić information content (AvgIpc) is 1.87. The molecule has 2 N–H and O–H groups in total. The van der Waals surface area contributed by atoms with Crippen LogP contribution in [-0.4, -0.2) is 6.54 Å². The van der Waals surface area contributed by atoms with Crippen molar-refractivity contribution >= 4 is 0 Å². The van der Waals surface area contributed by atoms with Gasteiger partial charge in [0, 0.05) is 0 Å². The van der Waals surface area contributed by atoms with Crippen LogP contribution in [0.3, 0.4) is 0 Å². The summed E-state index contributed by atoms with van der Waals surface area (Å²) >= 11 is 0. The lowest BCUT2D eigenvalue weighted by atomic mass is 9.90. The Balaban J connectivity index is 3.50. The molecule has 1 unspecified atom stereocenters. The minimum atomic E-state index is 0.832. The molecule has 0 saturated carbocycles. The molecule has 0 aromatic carbocycles. The molecule has 0 aliphatic carbocycles. The van der Waals surface area contributed by atoms with E-state index in [-0.39, 0.29) is 0 Å². The molecule has 0 spiro atoms. The van der Waals surface area contributed by atoms with E-state index in [0.29, 0.717) is 0 Å². The topological polar surface area (TPSA) is 26.0 Å². The van der Waals surface area contributed by atoms with Gasteiger partial charge in [-0.25, -0.2) is 0 Å². The normalized spacial score (nSPS) is 13.9. The zero-order chi connectivity index (χ0) is 8.69. The van der Waals surface area contributed by atoms with E-state index >= 15 is 0 Å². The molecule has 0 bridgehead atoms. The van der Waals surface area contributed by atoms with Crippen LogP contribution in [0, 0.1) is 11.8 Å². The zero-order valence-electron chi connectivity index (χ0n) is 8.27. The molecule has 0 aromatic rings. The van der Waals surface area contributed by atoms with Crippen molar-refractivity contribution in [2.24, 2.45) is 17.6 Å². The molecule has 0 radical (unpaired) electrons. The van der Waals surface area contributed by atoms with Crippen LogP contribution in [0.1, 0.15) is 46.5 Å². The summed E-state index contributed by atoms with van der Waals surface area (Å²) in [6.07, 6.45) is 5.23. The summed E-state index contributed by atoms with van der Waals surface area (Å²) in [5.74, 6) is 1.71. The zero-order valence-corrected chi connectivity index (χ0v) is 8.27. The van der Waals surface area contributed by atoms with Gasteiger partial charge in [-0.15, -0.1) is 0 Å². The Hall–Kier alpha value is -0.0400. The van der Waals surface area contributed by atoms with Crippen LogP contribution in [0.15, 0.2) is 0 Å². The third kappa shape index (κ3) is 6.36. The number of rotatable bonds is 6. The Morgan fingerprint density at radius 1 is 1.18 bits per heavy atom. The minimum absolute atomic E-state index is 0.832. The fraction of sp³-hybridized carbons (Fsp3) is 1.00. The van der Waals surface area contributed by atoms with E-state index in [9.17, 15) is 0 Å². The summed E-state index contributed by atoms with van der Waals surface area (Å²) in [4.78, 5) is 0. The first-order chi connectivity index (χ1) is 5.20. The van der Waals surface area contributed by atoms with Crippen molar-refractivity contribution in [1.29, 1.82) is 0 Å². The second-order valence-corrected chi connectivity index (χ2v) is 3.86. The molecular formula is C10H23N. The lowest BCUT2D eigenvalue weighted by Crippen LogP contribution is -2.10. The van der Waals surface area contributed by atoms with Gasteiger partial charge in [-0.2, -0.15) is 0 Å². The predicted molar refractivity (Wildman–Crippen MR) is 51.5 cm³/mol. The molecule has 0 heterocycles. The molecule has 0 saturated heterocycles. The SMILES string of the molecule is CCCC(CCN)CC(C)C. The van der Waals surface area contributed by atoms with Gasteiger partial charge in [0.2, 0.25) is 0 Å². The molecule has 0 aliphatic rings. The maximum atomic E-state index is 5.54. The molecule has 0 aromatic heterocycles. The first kappa shape index (κ1) is 11.0. The molecular weight excluding hydrogens is 134 g/mol. The van der Waals surface area contributed by atoms with E-state index < -0.39 is 0 Å². The van der Waals surface area contributed by atoms with E-state index in [1.54, 1.807) is 0 Å². The maximum absolute atomic E-state index is 5.54. The lowest BCUT2D eigenvalue weighted by molar-refractivity contribution is 0.365. The molecule has 0 aliphatic heterocycles. The summed E-state index contributed by atoms with van der Waals surface area (Å²) < 4.78 is 0. The molecule has 11 heavy (non-hydrogen) atoms. The van der Waals surface area contributed by atoms with E-state index in [0.717, 1.165) is 18.4 Å². The first-order valence-corrected chi connectivity index (χ1v) is 4.90. The summed E-state index contributed by atoms with van der Waals surface area (Å²) in [6.45, 7) is 7.69. The van der Waals surface area contributed by atoms with Gasteiger partial charge in [-0.1, -0.05) is 33.6 Å². The second kappa shape index (κ2) is 6.66. The van der Waals surface area contributed by atoms with Gasteiger partial charge in [-0.3, -0.25) is 0 Å². The molecule has 0 amide bonds. The van der Waals surface area contributed by atoms with Crippen molar-refractivity contribution < 1.29 is 0 Å². The molecule has 1 nitrogen and oxygen atoms in total. The number of hydrogen-bond donors (Lipinski definition) is 1. The van der Waals surface area contributed by atoms with E-state index in [2.05, 4.69) is 20.8 Å². The largest absolute Gasteiger partial charge is 0.330 e. The van der Waals surface area contributed by atoms with E-state index in [1.807, 2.05) is 0 Å². The van der Waals surface area contributed by atoms with Gasteiger partial charge in [0.1, 0.15) is 0 Å². The van der Waals surface area contributed by atoms with E-state index in [4.69, 9.17) is 5.73 Å². The van der Waals surface area contributed by atoms with Crippen molar-refractivity contribution in [2.45, 2.75) is 46.5 Å². The number of nitrogens with two attached hydrogens (primary N) is 1. The third-order valence-electron chi connectivity index (χ3n) is 2.08. The molecule has 1 atom stereocenters. The van der Waals surface area contributed by atoms with Crippen LogP contribution in [0.25, 0.3) is 0 Å². The Morgan fingerprint density at radius 2 is 1.82 bits per heavy atom. The lowest BCUT2D eigenvalue weighted by Gasteiger charge is -2.16. The van der Waals surface area contributed by atoms with Crippen LogP contribution in [-0.2, 0) is 0 Å². The van der Waals surface area contributed by atoms with Crippen molar-refractivity contribution in [3.8, 4) is 0 Å². The monoisotopic (exact) mass is 157 g/mol. The van der Waals surface area contributed by atoms with Crippen LogP contribution in [0.2, 0.25) is 0 Å². The highest BCUT2D eigenvalue weighted by atomic mass is 14.5. The second-order valence-electron chi connectivity index (χ2n) is 3.86. The van der Waals surface area contributed by atoms with Gasteiger partial charge < -0.3 is 5.73 Å². The predicted octanol–water partition coefficient (Wildman–Crippen LogP) is 2.80. The Labute approximate surface area is 71.4 Å². The van der Waals surface area contributed by atoms with Crippen molar-refractivity contribution in [2.75, 3.05) is 6.54 Å². The van der Waals surface area contributed by atoms with Crippen molar-refractivity contribution in [3.63, 3.8) is 0 Å². The highest BCUT2D eigenvalue weighted by Crippen LogP contribution is 2.19.